The van der Waals surface area contributed by atoms with Gasteiger partial charge in [0.25, 0.3) is 0 Å². The summed E-state index contributed by atoms with van der Waals surface area (Å²) in [6.07, 6.45) is -4.40. The van der Waals surface area contributed by atoms with Gasteiger partial charge in [-0.25, -0.2) is 4.98 Å². The van der Waals surface area contributed by atoms with E-state index in [0.29, 0.717) is 5.13 Å². The number of nitriles is 1. The molecule has 0 aromatic carbocycles. The highest BCUT2D eigenvalue weighted by molar-refractivity contribution is 7.16. The Hall–Kier alpha value is -0.990. The van der Waals surface area contributed by atoms with E-state index in [4.69, 9.17) is 31.4 Å². The third-order valence-corrected chi connectivity index (χ3v) is 4.37. The molecule has 0 amide bonds. The largest absolute Gasteiger partial charge is 0.394 e. The van der Waals surface area contributed by atoms with Crippen LogP contribution in [-0.2, 0) is 9.47 Å². The molecule has 1 aromatic heterocycles. The van der Waals surface area contributed by atoms with Gasteiger partial charge in [0, 0.05) is 7.11 Å². The predicted octanol–water partition coefficient (Wildman–Crippen LogP) is -0.466. The monoisotopic (exact) mass is 335 g/mol. The summed E-state index contributed by atoms with van der Waals surface area (Å²) in [5, 5.41) is 41.1. The van der Waals surface area contributed by atoms with Crippen LogP contribution in [0.25, 0.3) is 0 Å². The minimum absolute atomic E-state index is 0.0546. The number of hydrogen-bond donors (Lipinski definition) is 4. The maximum Gasteiger partial charge on any atom is 0.185 e. The lowest BCUT2D eigenvalue weighted by Gasteiger charge is -2.41. The van der Waals surface area contributed by atoms with Crippen LogP contribution in [0.4, 0.5) is 5.13 Å². The summed E-state index contributed by atoms with van der Waals surface area (Å²) in [6, 6.07) is 1.06. The molecule has 10 heteroatoms. The van der Waals surface area contributed by atoms with E-state index in [2.05, 4.69) is 10.3 Å². The van der Waals surface area contributed by atoms with Crippen molar-refractivity contribution < 1.29 is 24.8 Å². The fourth-order valence-electron chi connectivity index (χ4n) is 2.01. The number of thiazole rings is 1. The Labute approximate surface area is 129 Å². The van der Waals surface area contributed by atoms with Gasteiger partial charge in [-0.05, 0) is 0 Å². The van der Waals surface area contributed by atoms with Crippen molar-refractivity contribution in [2.75, 3.05) is 19.0 Å². The summed E-state index contributed by atoms with van der Waals surface area (Å²) in [6.45, 7) is -0.452. The number of hydrogen-bond acceptors (Lipinski definition) is 9. The van der Waals surface area contributed by atoms with Crippen molar-refractivity contribution in [2.24, 2.45) is 0 Å². The highest BCUT2D eigenvalue weighted by Crippen LogP contribution is 2.30. The van der Waals surface area contributed by atoms with Gasteiger partial charge in [0.05, 0.1) is 6.61 Å². The molecular weight excluding hydrogens is 322 g/mol. The van der Waals surface area contributed by atoms with Crippen LogP contribution in [0, 0.1) is 11.3 Å². The average Bonchev–Trinajstić information content (AvgIpc) is 2.84. The normalized spacial score (nSPS) is 32.7. The van der Waals surface area contributed by atoms with Gasteiger partial charge in [0.15, 0.2) is 16.6 Å². The lowest BCUT2D eigenvalue weighted by Crippen LogP contribution is -2.61. The first kappa shape index (κ1) is 16.4. The SMILES string of the molecule is CO[C@@H]1O[C@H](CO)[C@H](O)[C@H](O)[C@@H]1Nc1nc(Cl)c(C#N)s1. The zero-order valence-corrected chi connectivity index (χ0v) is 12.5. The van der Waals surface area contributed by atoms with Gasteiger partial charge < -0.3 is 30.1 Å². The van der Waals surface area contributed by atoms with Crippen LogP contribution in [0.5, 0.6) is 0 Å². The topological polar surface area (TPSA) is 128 Å². The standard InChI is InChI=1S/C11H14ClN3O5S/c1-19-10-6(8(18)7(17)4(3-16)20-10)14-11-15-9(12)5(2-13)21-11/h4,6-8,10,16-18H,3H2,1H3,(H,14,15)/t4-,6+,7+,8-,10-/m1/s1. The molecule has 1 aromatic rings. The van der Waals surface area contributed by atoms with Crippen molar-refractivity contribution in [1.29, 1.82) is 5.26 Å². The van der Waals surface area contributed by atoms with Gasteiger partial charge in [-0.15, -0.1) is 0 Å². The Bertz CT molecular complexity index is 534. The molecule has 5 atom stereocenters. The number of rotatable bonds is 4. The summed E-state index contributed by atoms with van der Waals surface area (Å²) in [7, 11) is 1.37. The lowest BCUT2D eigenvalue weighted by atomic mass is 9.97. The van der Waals surface area contributed by atoms with E-state index in [0.717, 1.165) is 11.3 Å². The smallest absolute Gasteiger partial charge is 0.185 e. The second kappa shape index (κ2) is 6.85. The number of nitrogens with one attached hydrogen (secondary N) is 1. The molecule has 8 nitrogen and oxygen atoms in total. The summed E-state index contributed by atoms with van der Waals surface area (Å²) in [5.41, 5.74) is 0. The van der Waals surface area contributed by atoms with Crippen LogP contribution in [0.15, 0.2) is 0 Å². The number of anilines is 1. The van der Waals surface area contributed by atoms with E-state index in [1.54, 1.807) is 0 Å². The number of nitrogens with zero attached hydrogens (tertiary/aromatic N) is 2. The molecule has 0 saturated carbocycles. The number of ether oxygens (including phenoxy) is 2. The van der Waals surface area contributed by atoms with Crippen molar-refractivity contribution in [3.63, 3.8) is 0 Å². The first-order chi connectivity index (χ1) is 10.0. The van der Waals surface area contributed by atoms with Gasteiger partial charge in [-0.3, -0.25) is 0 Å². The number of aliphatic hydroxyl groups excluding tert-OH is 3. The van der Waals surface area contributed by atoms with Crippen molar-refractivity contribution in [2.45, 2.75) is 30.6 Å². The van der Waals surface area contributed by atoms with E-state index in [9.17, 15) is 10.2 Å². The van der Waals surface area contributed by atoms with Gasteiger partial charge in [0.1, 0.15) is 35.3 Å². The van der Waals surface area contributed by atoms with Gasteiger partial charge >= 0.3 is 0 Å². The molecule has 21 heavy (non-hydrogen) atoms. The summed E-state index contributed by atoms with van der Waals surface area (Å²) in [4.78, 5) is 4.17. The number of methoxy groups -OCH3 is 1. The molecule has 116 valence electrons. The predicted molar refractivity (Wildman–Crippen MR) is 74.0 cm³/mol. The minimum atomic E-state index is -1.29. The van der Waals surface area contributed by atoms with Gasteiger partial charge in [0.2, 0.25) is 0 Å². The minimum Gasteiger partial charge on any atom is -0.394 e. The molecule has 0 radical (unpaired) electrons. The molecule has 0 aliphatic carbocycles. The third kappa shape index (κ3) is 3.27. The Morgan fingerprint density at radius 1 is 1.52 bits per heavy atom. The highest BCUT2D eigenvalue weighted by Gasteiger charge is 2.44. The average molecular weight is 336 g/mol. The van der Waals surface area contributed by atoms with Crippen molar-refractivity contribution in [3.05, 3.63) is 10.0 Å². The summed E-state index contributed by atoms with van der Waals surface area (Å²) >= 11 is 6.78. The fraction of sp³-hybridized carbons (Fsp3) is 0.636. The van der Waals surface area contributed by atoms with E-state index >= 15 is 0 Å². The summed E-state index contributed by atoms with van der Waals surface area (Å²) < 4.78 is 10.5. The first-order valence-electron chi connectivity index (χ1n) is 6.00. The maximum atomic E-state index is 10.1. The zero-order chi connectivity index (χ0) is 15.6. The van der Waals surface area contributed by atoms with Gasteiger partial charge in [-0.2, -0.15) is 5.26 Å². The maximum absolute atomic E-state index is 10.1. The van der Waals surface area contributed by atoms with Crippen molar-refractivity contribution in [1.82, 2.24) is 4.98 Å². The molecule has 1 saturated heterocycles. The lowest BCUT2D eigenvalue weighted by molar-refractivity contribution is -0.254. The third-order valence-electron chi connectivity index (χ3n) is 3.09. The molecule has 0 unspecified atom stereocenters. The highest BCUT2D eigenvalue weighted by atomic mass is 35.5. The van der Waals surface area contributed by atoms with Crippen LogP contribution < -0.4 is 5.32 Å². The van der Waals surface area contributed by atoms with E-state index in [1.807, 2.05) is 6.07 Å². The summed E-state index contributed by atoms with van der Waals surface area (Å²) in [5.74, 6) is 0. The Morgan fingerprint density at radius 2 is 2.24 bits per heavy atom. The quantitative estimate of drug-likeness (QED) is 0.581. The number of aromatic nitrogens is 1. The molecule has 2 heterocycles. The van der Waals surface area contributed by atoms with Crippen LogP contribution in [-0.4, -0.2) is 64.7 Å². The Kier molecular flexibility index (Phi) is 5.34. The second-order valence-corrected chi connectivity index (χ2v) is 5.72. The van der Waals surface area contributed by atoms with Crippen LogP contribution in [0.1, 0.15) is 4.88 Å². The zero-order valence-electron chi connectivity index (χ0n) is 10.9. The van der Waals surface area contributed by atoms with Crippen molar-refractivity contribution in [3.8, 4) is 6.07 Å². The molecule has 4 N–H and O–H groups in total. The van der Waals surface area contributed by atoms with Crippen LogP contribution >= 0.6 is 22.9 Å². The molecule has 0 bridgehead atoms. The molecular formula is C11H14ClN3O5S. The Morgan fingerprint density at radius 3 is 2.76 bits per heavy atom. The fourth-order valence-corrected chi connectivity index (χ4v) is 3.01. The Balaban J connectivity index is 2.18. The molecule has 1 aliphatic rings. The molecule has 1 fully saturated rings. The van der Waals surface area contributed by atoms with E-state index in [-0.39, 0.29) is 10.0 Å². The number of aliphatic hydroxyl groups is 3. The molecule has 0 spiro atoms. The van der Waals surface area contributed by atoms with Gasteiger partial charge in [-0.1, -0.05) is 22.9 Å². The molecule has 2 rings (SSSR count). The number of halogens is 1. The molecule has 1 aliphatic heterocycles. The van der Waals surface area contributed by atoms with E-state index < -0.39 is 37.3 Å². The first-order valence-corrected chi connectivity index (χ1v) is 7.19. The van der Waals surface area contributed by atoms with Crippen LogP contribution in [0.3, 0.4) is 0 Å². The van der Waals surface area contributed by atoms with E-state index in [1.165, 1.54) is 7.11 Å². The van der Waals surface area contributed by atoms with Crippen LogP contribution in [0.2, 0.25) is 5.15 Å². The van der Waals surface area contributed by atoms with Crippen molar-refractivity contribution >= 4 is 28.1 Å². The second-order valence-electron chi connectivity index (χ2n) is 4.36.